The third-order valence-electron chi connectivity index (χ3n) is 2.27. The quantitative estimate of drug-likeness (QED) is 0.377. The van der Waals surface area contributed by atoms with Crippen LogP contribution in [-0.4, -0.2) is 41.8 Å². The molecule has 0 heterocycles. The van der Waals surface area contributed by atoms with Gasteiger partial charge in [0.15, 0.2) is 8.32 Å². The normalized spacial score (nSPS) is 11.2. The van der Waals surface area contributed by atoms with Gasteiger partial charge in [-0.25, -0.2) is 9.59 Å². The SMILES string of the molecule is C=C[Si](C)(C=C)O[Si](C)(C)C.CCOC(=O)/C=C\C(=O)OCC. The lowest BCUT2D eigenvalue weighted by molar-refractivity contribution is -0.140. The monoisotopic (exact) mass is 358 g/mol. The Morgan fingerprint density at radius 2 is 1.22 bits per heavy atom. The predicted octanol–water partition coefficient (Wildman–Crippen LogP) is 3.53. The molecule has 0 aromatic carbocycles. The molecule has 0 aromatic rings. The topological polar surface area (TPSA) is 61.8 Å². The Morgan fingerprint density at radius 1 is 0.870 bits per heavy atom. The van der Waals surface area contributed by atoms with E-state index in [4.69, 9.17) is 4.12 Å². The number of esters is 2. The van der Waals surface area contributed by atoms with Crippen LogP contribution >= 0.6 is 0 Å². The van der Waals surface area contributed by atoms with Crippen LogP contribution in [-0.2, 0) is 23.2 Å². The van der Waals surface area contributed by atoms with Gasteiger partial charge in [-0.15, -0.1) is 13.2 Å². The average Bonchev–Trinajstić information content (AvgIpc) is 2.45. The highest BCUT2D eigenvalue weighted by atomic mass is 28.4. The predicted molar refractivity (Wildman–Crippen MR) is 98.8 cm³/mol. The van der Waals surface area contributed by atoms with E-state index in [-0.39, 0.29) is 0 Å². The van der Waals surface area contributed by atoms with E-state index in [1.54, 1.807) is 13.8 Å². The molecule has 0 aromatic heterocycles. The standard InChI is InChI=1S/C8H12O4.C8H18OSi2/c1-3-11-7(9)5-6-8(10)12-4-2;1-7-11(6,8-2)9-10(3,4)5/h5-6H,3-4H2,1-2H3;7-8H,1-2H2,3-6H3/b6-5-;. The van der Waals surface area contributed by atoms with Crippen LogP contribution in [0.25, 0.3) is 0 Å². The molecule has 0 bridgehead atoms. The van der Waals surface area contributed by atoms with Gasteiger partial charge in [-0.05, 0) is 40.0 Å². The Bertz CT molecular complexity index is 397. The van der Waals surface area contributed by atoms with Gasteiger partial charge in [0, 0.05) is 12.2 Å². The van der Waals surface area contributed by atoms with E-state index in [2.05, 4.69) is 48.8 Å². The van der Waals surface area contributed by atoms with Gasteiger partial charge in [-0.3, -0.25) is 0 Å². The number of ether oxygens (including phenoxy) is 2. The van der Waals surface area contributed by atoms with Crippen molar-refractivity contribution in [2.45, 2.75) is 40.0 Å². The molecule has 0 rings (SSSR count). The van der Waals surface area contributed by atoms with Gasteiger partial charge in [0.2, 0.25) is 8.32 Å². The molecule has 0 atom stereocenters. The molecule has 0 N–H and O–H groups in total. The zero-order valence-electron chi connectivity index (χ0n) is 15.2. The number of carbonyl (C=O) groups excluding carboxylic acids is 2. The molecular formula is C16H30O5Si2. The lowest BCUT2D eigenvalue weighted by Crippen LogP contribution is -2.41. The molecule has 7 heteroatoms. The minimum Gasteiger partial charge on any atom is -0.463 e. The second kappa shape index (κ2) is 12.0. The first-order chi connectivity index (χ1) is 10.5. The highest BCUT2D eigenvalue weighted by Gasteiger charge is 2.28. The van der Waals surface area contributed by atoms with Crippen LogP contribution in [0.15, 0.2) is 36.7 Å². The first kappa shape index (κ1) is 23.8. The third kappa shape index (κ3) is 15.2. The number of hydrogen-bond acceptors (Lipinski definition) is 5. The largest absolute Gasteiger partial charge is 0.463 e. The van der Waals surface area contributed by atoms with Gasteiger partial charge in [-0.1, -0.05) is 11.4 Å². The van der Waals surface area contributed by atoms with Gasteiger partial charge in [0.05, 0.1) is 13.2 Å². The van der Waals surface area contributed by atoms with E-state index >= 15 is 0 Å². The third-order valence-corrected chi connectivity index (χ3v) is 8.10. The summed E-state index contributed by atoms with van der Waals surface area (Å²) in [5.41, 5.74) is 3.86. The minimum absolute atomic E-state index is 0.298. The fourth-order valence-electron chi connectivity index (χ4n) is 1.34. The number of carbonyl (C=O) groups is 2. The first-order valence-corrected chi connectivity index (χ1v) is 13.5. The van der Waals surface area contributed by atoms with E-state index in [9.17, 15) is 9.59 Å². The smallest absolute Gasteiger partial charge is 0.330 e. The van der Waals surface area contributed by atoms with Crippen molar-refractivity contribution in [2.75, 3.05) is 13.2 Å². The van der Waals surface area contributed by atoms with Gasteiger partial charge in [0.25, 0.3) is 0 Å². The van der Waals surface area contributed by atoms with Crippen molar-refractivity contribution < 1.29 is 23.2 Å². The summed E-state index contributed by atoms with van der Waals surface area (Å²) in [6.45, 7) is 20.2. The fourth-order valence-corrected chi connectivity index (χ4v) is 7.45. The van der Waals surface area contributed by atoms with Crippen molar-refractivity contribution in [3.63, 3.8) is 0 Å². The van der Waals surface area contributed by atoms with Crippen LogP contribution in [0.4, 0.5) is 0 Å². The number of hydrogen-bond donors (Lipinski definition) is 0. The summed E-state index contributed by atoms with van der Waals surface area (Å²) in [6, 6.07) is 0. The van der Waals surface area contributed by atoms with Gasteiger partial charge in [0.1, 0.15) is 0 Å². The molecule has 0 saturated heterocycles. The maximum absolute atomic E-state index is 10.6. The van der Waals surface area contributed by atoms with Crippen molar-refractivity contribution in [2.24, 2.45) is 0 Å². The molecule has 0 aliphatic heterocycles. The van der Waals surface area contributed by atoms with Gasteiger partial charge < -0.3 is 13.6 Å². The molecular weight excluding hydrogens is 328 g/mol. The maximum Gasteiger partial charge on any atom is 0.330 e. The van der Waals surface area contributed by atoms with Crippen LogP contribution in [0, 0.1) is 0 Å². The summed E-state index contributed by atoms with van der Waals surface area (Å²) in [6.07, 6.45) is 2.09. The summed E-state index contributed by atoms with van der Waals surface area (Å²) in [5, 5.41) is 0. The van der Waals surface area contributed by atoms with Gasteiger partial charge in [-0.2, -0.15) is 0 Å². The van der Waals surface area contributed by atoms with E-state index in [1.165, 1.54) is 0 Å². The van der Waals surface area contributed by atoms with E-state index in [1.807, 2.05) is 11.4 Å². The lowest BCUT2D eigenvalue weighted by Gasteiger charge is -2.29. The summed E-state index contributed by atoms with van der Waals surface area (Å²) in [5.74, 6) is -1.07. The second-order valence-electron chi connectivity index (χ2n) is 5.64. The van der Waals surface area contributed by atoms with Crippen molar-refractivity contribution in [1.82, 2.24) is 0 Å². The zero-order valence-corrected chi connectivity index (χ0v) is 17.2. The van der Waals surface area contributed by atoms with E-state index in [0.29, 0.717) is 13.2 Å². The van der Waals surface area contributed by atoms with E-state index in [0.717, 1.165) is 12.2 Å². The molecule has 5 nitrogen and oxygen atoms in total. The summed E-state index contributed by atoms with van der Waals surface area (Å²) in [7, 11) is -3.16. The van der Waals surface area contributed by atoms with Crippen LogP contribution in [0.5, 0.6) is 0 Å². The highest BCUT2D eigenvalue weighted by molar-refractivity contribution is 6.90. The van der Waals surface area contributed by atoms with Gasteiger partial charge >= 0.3 is 11.9 Å². The van der Waals surface area contributed by atoms with Crippen molar-refractivity contribution >= 4 is 28.6 Å². The Labute approximate surface area is 142 Å². The van der Waals surface area contributed by atoms with Crippen molar-refractivity contribution in [3.05, 3.63) is 36.7 Å². The average molecular weight is 359 g/mol. The van der Waals surface area contributed by atoms with Crippen LogP contribution in [0.1, 0.15) is 13.8 Å². The van der Waals surface area contributed by atoms with Crippen molar-refractivity contribution in [1.29, 1.82) is 0 Å². The summed E-state index contributed by atoms with van der Waals surface area (Å²) in [4.78, 5) is 21.3. The van der Waals surface area contributed by atoms with Crippen LogP contribution in [0.2, 0.25) is 26.2 Å². The Morgan fingerprint density at radius 3 is 1.39 bits per heavy atom. The van der Waals surface area contributed by atoms with E-state index < -0.39 is 28.6 Å². The maximum atomic E-state index is 10.6. The Hall–Kier alpha value is -1.45. The molecule has 0 saturated carbocycles. The van der Waals surface area contributed by atoms with Crippen molar-refractivity contribution in [3.8, 4) is 0 Å². The highest BCUT2D eigenvalue weighted by Crippen LogP contribution is 2.15. The fraction of sp³-hybridized carbons (Fsp3) is 0.500. The molecule has 0 aliphatic rings. The molecule has 0 fully saturated rings. The molecule has 0 aliphatic carbocycles. The molecule has 0 amide bonds. The molecule has 23 heavy (non-hydrogen) atoms. The lowest BCUT2D eigenvalue weighted by atomic mass is 10.5. The van der Waals surface area contributed by atoms with Crippen LogP contribution < -0.4 is 0 Å². The Kier molecular flexibility index (Phi) is 12.5. The summed E-state index contributed by atoms with van der Waals surface area (Å²) < 4.78 is 15.0. The molecule has 0 radical (unpaired) electrons. The molecule has 0 unspecified atom stereocenters. The number of rotatable bonds is 8. The van der Waals surface area contributed by atoms with Crippen LogP contribution in [0.3, 0.4) is 0 Å². The molecule has 132 valence electrons. The second-order valence-corrected chi connectivity index (χ2v) is 13.9. The zero-order chi connectivity index (χ0) is 18.5. The summed E-state index contributed by atoms with van der Waals surface area (Å²) >= 11 is 0. The molecule has 0 spiro atoms. The first-order valence-electron chi connectivity index (χ1n) is 7.52. The Balaban J connectivity index is 0. The minimum atomic E-state index is -1.74.